The first kappa shape index (κ1) is 37.2. The van der Waals surface area contributed by atoms with Gasteiger partial charge < -0.3 is 25.1 Å². The third-order valence-corrected chi connectivity index (χ3v) is 11.6. The molecule has 3 N–H and O–H groups in total. The van der Waals surface area contributed by atoms with Crippen molar-refractivity contribution in [2.45, 2.75) is 61.3 Å². The van der Waals surface area contributed by atoms with E-state index in [0.29, 0.717) is 22.0 Å². The number of hydrogen-bond donors (Lipinski definition) is 3. The number of sulfonamides is 1. The number of amides is 1. The first-order valence-electron chi connectivity index (χ1n) is 16.9. The summed E-state index contributed by atoms with van der Waals surface area (Å²) in [5.41, 5.74) is 4.50. The lowest BCUT2D eigenvalue weighted by molar-refractivity contribution is -0.645. The molecule has 0 spiro atoms. The number of hydrogen-bond acceptors (Lipinski definition) is 8. The van der Waals surface area contributed by atoms with Gasteiger partial charge in [-0.2, -0.15) is 9.45 Å². The number of ether oxygens (including phenoxy) is 2. The number of thioether (sulfide) groups is 1. The molecule has 6 rings (SSSR count). The third-order valence-electron chi connectivity index (χ3n) is 8.96. The van der Waals surface area contributed by atoms with Crippen molar-refractivity contribution in [3.63, 3.8) is 0 Å². The topological polar surface area (TPSA) is 141 Å². The molecule has 52 heavy (non-hydrogen) atoms. The zero-order valence-electron chi connectivity index (χ0n) is 28.8. The summed E-state index contributed by atoms with van der Waals surface area (Å²) in [7, 11) is -4.02. The molecular formula is C40H41N3O7S2. The van der Waals surface area contributed by atoms with E-state index in [1.807, 2.05) is 80.6 Å². The Bertz CT molecular complexity index is 2060. The molecule has 1 unspecified atom stereocenters. The summed E-state index contributed by atoms with van der Waals surface area (Å²) in [4.78, 5) is 13.9. The summed E-state index contributed by atoms with van der Waals surface area (Å²) >= 11 is 1.40. The van der Waals surface area contributed by atoms with Crippen LogP contribution in [0.25, 0.3) is 0 Å². The number of carbonyl (C=O) groups excluding carboxylic acids is 1. The minimum Gasteiger partial charge on any atom is -0.618 e. The molecule has 5 atom stereocenters. The highest BCUT2D eigenvalue weighted by Crippen LogP contribution is 2.43. The second-order valence-electron chi connectivity index (χ2n) is 12.8. The normalized spacial score (nSPS) is 19.5. The maximum atomic E-state index is 13.9. The number of aliphatic hydroxyl groups is 1. The summed E-state index contributed by atoms with van der Waals surface area (Å²) < 4.78 is 43.4. The van der Waals surface area contributed by atoms with E-state index < -0.39 is 28.3 Å². The number of aryl methyl sites for hydroxylation is 1. The van der Waals surface area contributed by atoms with Crippen LogP contribution in [-0.2, 0) is 37.3 Å². The van der Waals surface area contributed by atoms with E-state index in [-0.39, 0.29) is 36.0 Å². The van der Waals surface area contributed by atoms with Crippen LogP contribution in [0.4, 0.5) is 5.69 Å². The molecule has 1 aromatic heterocycles. The van der Waals surface area contributed by atoms with Gasteiger partial charge in [-0.15, -0.1) is 0 Å². The SMILES string of the molecule is Cc1ccc(S(=O)(=O)N[C@H](Cc2ccccc2)C(=O)Nc2cccc(C3O[C@H](CSc4cccc[n+]4[O-])[C@H](C)[C@H](c4ccc(CO)cc4)O3)c2)cc1. The number of nitrogens with one attached hydrogen (secondary N) is 2. The lowest BCUT2D eigenvalue weighted by atomic mass is 9.91. The Morgan fingerprint density at radius 3 is 2.33 bits per heavy atom. The average molecular weight is 740 g/mol. The fourth-order valence-electron chi connectivity index (χ4n) is 6.00. The molecule has 4 aromatic carbocycles. The van der Waals surface area contributed by atoms with Crippen LogP contribution in [0.1, 0.15) is 47.1 Å². The van der Waals surface area contributed by atoms with Crippen LogP contribution >= 0.6 is 11.8 Å². The molecule has 5 aromatic rings. The zero-order chi connectivity index (χ0) is 36.7. The Balaban J connectivity index is 1.24. The molecule has 2 heterocycles. The number of rotatable bonds is 13. The highest BCUT2D eigenvalue weighted by Gasteiger charge is 2.39. The Labute approximate surface area is 308 Å². The molecule has 1 fully saturated rings. The van der Waals surface area contributed by atoms with Crippen LogP contribution in [0.3, 0.4) is 0 Å². The lowest BCUT2D eigenvalue weighted by Crippen LogP contribution is -2.45. The third kappa shape index (κ3) is 9.26. The molecule has 10 nitrogen and oxygen atoms in total. The molecule has 1 aliphatic heterocycles. The number of aromatic nitrogens is 1. The molecule has 1 aliphatic rings. The minimum absolute atomic E-state index is 0.0670. The zero-order valence-corrected chi connectivity index (χ0v) is 30.4. The molecule has 1 saturated heterocycles. The molecule has 0 saturated carbocycles. The van der Waals surface area contributed by atoms with Gasteiger partial charge in [-0.05, 0) is 60.4 Å². The maximum Gasteiger partial charge on any atom is 0.251 e. The van der Waals surface area contributed by atoms with Gasteiger partial charge in [-0.25, -0.2) is 8.42 Å². The molecular weight excluding hydrogens is 699 g/mol. The maximum absolute atomic E-state index is 13.9. The van der Waals surface area contributed by atoms with Gasteiger partial charge in [0.2, 0.25) is 15.9 Å². The molecule has 0 aliphatic carbocycles. The summed E-state index contributed by atoms with van der Waals surface area (Å²) in [5, 5.41) is 25.4. The quantitative estimate of drug-likeness (QED) is 0.0734. The number of benzene rings is 4. The first-order chi connectivity index (χ1) is 25.1. The van der Waals surface area contributed by atoms with Crippen molar-refractivity contribution >= 4 is 33.4 Å². The molecule has 1 amide bonds. The average Bonchev–Trinajstić information content (AvgIpc) is 3.15. The summed E-state index contributed by atoms with van der Waals surface area (Å²) in [5.74, 6) is -0.145. The number of nitrogens with zero attached hydrogens (tertiary/aromatic N) is 1. The largest absolute Gasteiger partial charge is 0.618 e. The van der Waals surface area contributed by atoms with Crippen molar-refractivity contribution in [3.8, 4) is 0 Å². The first-order valence-corrected chi connectivity index (χ1v) is 19.4. The fourth-order valence-corrected chi connectivity index (χ4v) is 8.28. The van der Waals surface area contributed by atoms with Gasteiger partial charge in [0.15, 0.2) is 12.5 Å². The predicted molar refractivity (Wildman–Crippen MR) is 200 cm³/mol. The van der Waals surface area contributed by atoms with E-state index >= 15 is 0 Å². The van der Waals surface area contributed by atoms with Gasteiger partial charge in [0.25, 0.3) is 5.03 Å². The van der Waals surface area contributed by atoms with Gasteiger partial charge in [0.1, 0.15) is 6.04 Å². The lowest BCUT2D eigenvalue weighted by Gasteiger charge is -2.41. The standard InChI is InChI=1S/C40H41N3O7S2/c1-27-14-20-34(21-15-27)52(47,48)42-35(23-29-9-4-3-5-10-29)39(45)41-33-12-8-11-32(24-33)40-49-36(26-51-37-13-6-7-22-43(37)46)28(2)38(50-40)31-18-16-30(25-44)17-19-31/h3-22,24,28,35-36,38,40,42,44H,23,25-26H2,1-2H3,(H,41,45)/t28-,35+,36+,38+,40?/m0/s1. The van der Waals surface area contributed by atoms with Crippen LogP contribution in [0.2, 0.25) is 0 Å². The van der Waals surface area contributed by atoms with E-state index in [2.05, 4.69) is 10.0 Å². The van der Waals surface area contributed by atoms with Crippen LogP contribution in [-0.4, -0.2) is 37.3 Å². The molecule has 0 radical (unpaired) electrons. The van der Waals surface area contributed by atoms with Crippen molar-refractivity contribution in [3.05, 3.63) is 161 Å². The number of pyridine rings is 1. The molecule has 12 heteroatoms. The number of carbonyl (C=O) groups is 1. The van der Waals surface area contributed by atoms with Crippen LogP contribution in [0, 0.1) is 18.0 Å². The van der Waals surface area contributed by atoms with Crippen LogP contribution < -0.4 is 14.8 Å². The summed E-state index contributed by atoms with van der Waals surface area (Å²) in [6.07, 6.45) is 0.0673. The van der Waals surface area contributed by atoms with Crippen molar-refractivity contribution in [2.24, 2.45) is 5.92 Å². The van der Waals surface area contributed by atoms with E-state index in [4.69, 9.17) is 9.47 Å². The smallest absolute Gasteiger partial charge is 0.251 e. The van der Waals surface area contributed by atoms with Crippen molar-refractivity contribution in [1.82, 2.24) is 4.72 Å². The monoisotopic (exact) mass is 739 g/mol. The Morgan fingerprint density at radius 1 is 0.885 bits per heavy atom. The Hall–Kier alpha value is -4.56. The fraction of sp³-hybridized carbons (Fsp3) is 0.250. The second kappa shape index (κ2) is 16.8. The van der Waals surface area contributed by atoms with Crippen molar-refractivity contribution < 1.29 is 32.5 Å². The highest BCUT2D eigenvalue weighted by molar-refractivity contribution is 7.99. The highest BCUT2D eigenvalue weighted by atomic mass is 32.2. The van der Waals surface area contributed by atoms with Gasteiger partial charge in [-0.1, -0.05) is 103 Å². The van der Waals surface area contributed by atoms with Crippen LogP contribution in [0.15, 0.2) is 137 Å². The number of aliphatic hydroxyl groups excluding tert-OH is 1. The summed E-state index contributed by atoms with van der Waals surface area (Å²) in [6.45, 7) is 3.84. The van der Waals surface area contributed by atoms with Crippen LogP contribution in [0.5, 0.6) is 0 Å². The Morgan fingerprint density at radius 2 is 1.62 bits per heavy atom. The minimum atomic E-state index is -4.02. The Kier molecular flexibility index (Phi) is 12.1. The van der Waals surface area contributed by atoms with Gasteiger partial charge in [0.05, 0.1) is 23.7 Å². The van der Waals surface area contributed by atoms with E-state index in [1.54, 1.807) is 42.5 Å². The number of anilines is 1. The van der Waals surface area contributed by atoms with Gasteiger partial charge in [-0.3, -0.25) is 4.79 Å². The molecule has 270 valence electrons. The van der Waals surface area contributed by atoms with Crippen molar-refractivity contribution in [1.29, 1.82) is 0 Å². The van der Waals surface area contributed by atoms with Gasteiger partial charge in [0, 0.05) is 35.1 Å². The van der Waals surface area contributed by atoms with Gasteiger partial charge >= 0.3 is 0 Å². The van der Waals surface area contributed by atoms with E-state index in [9.17, 15) is 23.5 Å². The summed E-state index contributed by atoms with van der Waals surface area (Å²) in [6, 6.07) is 34.5. The van der Waals surface area contributed by atoms with Crippen molar-refractivity contribution in [2.75, 3.05) is 11.1 Å². The van der Waals surface area contributed by atoms with E-state index in [0.717, 1.165) is 27.0 Å². The predicted octanol–water partition coefficient (Wildman–Crippen LogP) is 6.23. The second-order valence-corrected chi connectivity index (χ2v) is 15.5. The van der Waals surface area contributed by atoms with E-state index in [1.165, 1.54) is 30.1 Å². The molecule has 0 bridgehead atoms.